The van der Waals surface area contributed by atoms with Crippen molar-refractivity contribution in [1.82, 2.24) is 15.3 Å². The van der Waals surface area contributed by atoms with E-state index < -0.39 is 0 Å². The van der Waals surface area contributed by atoms with Gasteiger partial charge in [0.25, 0.3) is 5.91 Å². The molecule has 1 saturated carbocycles. The van der Waals surface area contributed by atoms with Crippen LogP contribution in [0.4, 0.5) is 5.69 Å². The normalized spacial score (nSPS) is 15.1. The number of nitrogens with zero attached hydrogens (tertiary/aromatic N) is 2. The Morgan fingerprint density at radius 1 is 1.09 bits per heavy atom. The Kier molecular flexibility index (Phi) is 5.19. The quantitative estimate of drug-likeness (QED) is 0.890. The summed E-state index contributed by atoms with van der Waals surface area (Å²) in [6, 6.07) is 7.90. The third-order valence-corrected chi connectivity index (χ3v) is 4.18. The van der Waals surface area contributed by atoms with E-state index in [2.05, 4.69) is 20.6 Å². The zero-order valence-electron chi connectivity index (χ0n) is 13.2. The van der Waals surface area contributed by atoms with Crippen molar-refractivity contribution in [3.05, 3.63) is 54.1 Å². The van der Waals surface area contributed by atoms with E-state index >= 15 is 0 Å². The second kappa shape index (κ2) is 7.72. The summed E-state index contributed by atoms with van der Waals surface area (Å²) in [6.45, 7) is 0.706. The van der Waals surface area contributed by atoms with E-state index in [1.165, 1.54) is 19.3 Å². The number of pyridine rings is 2. The molecule has 5 heteroatoms. The first-order valence-corrected chi connectivity index (χ1v) is 8.21. The largest absolute Gasteiger partial charge is 0.380 e. The molecule has 0 bridgehead atoms. The van der Waals surface area contributed by atoms with Crippen molar-refractivity contribution in [3.63, 3.8) is 0 Å². The molecule has 0 radical (unpaired) electrons. The zero-order chi connectivity index (χ0) is 15.9. The molecule has 1 aliphatic rings. The monoisotopic (exact) mass is 310 g/mol. The lowest BCUT2D eigenvalue weighted by Gasteiger charge is -2.22. The maximum Gasteiger partial charge on any atom is 0.270 e. The second-order valence-corrected chi connectivity index (χ2v) is 5.95. The van der Waals surface area contributed by atoms with Crippen LogP contribution in [0, 0.1) is 0 Å². The van der Waals surface area contributed by atoms with Crippen molar-refractivity contribution in [2.24, 2.45) is 0 Å². The molecule has 2 aromatic heterocycles. The number of hydrogen-bond donors (Lipinski definition) is 2. The molecule has 0 atom stereocenters. The fraction of sp³-hybridized carbons (Fsp3) is 0.389. The molecule has 0 saturated heterocycles. The number of carbonyl (C=O) groups excluding carboxylic acids is 1. The Morgan fingerprint density at radius 2 is 1.87 bits per heavy atom. The van der Waals surface area contributed by atoms with Gasteiger partial charge in [0.05, 0.1) is 11.9 Å². The lowest BCUT2D eigenvalue weighted by atomic mass is 9.95. The average molecular weight is 310 g/mol. The number of amides is 1. The van der Waals surface area contributed by atoms with E-state index in [0.717, 1.165) is 24.1 Å². The molecule has 5 nitrogen and oxygen atoms in total. The van der Waals surface area contributed by atoms with Crippen LogP contribution in [0.25, 0.3) is 0 Å². The van der Waals surface area contributed by atoms with Crippen LogP contribution >= 0.6 is 0 Å². The van der Waals surface area contributed by atoms with Crippen molar-refractivity contribution in [2.45, 2.75) is 44.7 Å². The highest BCUT2D eigenvalue weighted by Crippen LogP contribution is 2.18. The minimum Gasteiger partial charge on any atom is -0.380 e. The SMILES string of the molecule is O=C(NC1CCCCC1)c1ccc(NCc2ccncc2)cn1. The molecule has 3 rings (SSSR count). The topological polar surface area (TPSA) is 66.9 Å². The third kappa shape index (κ3) is 4.52. The number of anilines is 1. The molecule has 1 amide bonds. The summed E-state index contributed by atoms with van der Waals surface area (Å²) in [5, 5.41) is 6.37. The molecule has 0 aromatic carbocycles. The van der Waals surface area contributed by atoms with Crippen LogP contribution in [0.15, 0.2) is 42.9 Å². The molecular formula is C18H22N4O. The predicted molar refractivity (Wildman–Crippen MR) is 90.1 cm³/mol. The fourth-order valence-corrected chi connectivity index (χ4v) is 2.84. The van der Waals surface area contributed by atoms with Crippen molar-refractivity contribution >= 4 is 11.6 Å². The molecule has 23 heavy (non-hydrogen) atoms. The molecule has 2 heterocycles. The van der Waals surface area contributed by atoms with Crippen LogP contribution < -0.4 is 10.6 Å². The van der Waals surface area contributed by atoms with Gasteiger partial charge in [-0.1, -0.05) is 19.3 Å². The molecule has 2 aromatic rings. The molecule has 120 valence electrons. The Hall–Kier alpha value is -2.43. The van der Waals surface area contributed by atoms with Crippen molar-refractivity contribution in [2.75, 3.05) is 5.32 Å². The number of rotatable bonds is 5. The first-order chi connectivity index (χ1) is 11.3. The van der Waals surface area contributed by atoms with Gasteiger partial charge in [-0.3, -0.25) is 9.78 Å². The molecule has 0 aliphatic heterocycles. The summed E-state index contributed by atoms with van der Waals surface area (Å²) >= 11 is 0. The maximum atomic E-state index is 12.2. The smallest absolute Gasteiger partial charge is 0.270 e. The van der Waals surface area contributed by atoms with Crippen LogP contribution in [-0.2, 0) is 6.54 Å². The maximum absolute atomic E-state index is 12.2. The van der Waals surface area contributed by atoms with Crippen LogP contribution in [0.3, 0.4) is 0 Å². The van der Waals surface area contributed by atoms with Crippen molar-refractivity contribution in [1.29, 1.82) is 0 Å². The Morgan fingerprint density at radius 3 is 2.57 bits per heavy atom. The number of carbonyl (C=O) groups is 1. The van der Waals surface area contributed by atoms with Crippen LogP contribution in [0.1, 0.15) is 48.2 Å². The van der Waals surface area contributed by atoms with Gasteiger partial charge in [0, 0.05) is 25.0 Å². The van der Waals surface area contributed by atoms with Crippen LogP contribution in [0.5, 0.6) is 0 Å². The predicted octanol–water partition coefficient (Wildman–Crippen LogP) is 3.15. The lowest BCUT2D eigenvalue weighted by molar-refractivity contribution is 0.0922. The molecule has 1 fully saturated rings. The van der Waals surface area contributed by atoms with Crippen LogP contribution in [0.2, 0.25) is 0 Å². The Labute approximate surface area is 136 Å². The van der Waals surface area contributed by atoms with Crippen LogP contribution in [-0.4, -0.2) is 21.9 Å². The number of nitrogens with one attached hydrogen (secondary N) is 2. The lowest BCUT2D eigenvalue weighted by Crippen LogP contribution is -2.36. The fourth-order valence-electron chi connectivity index (χ4n) is 2.84. The zero-order valence-corrected chi connectivity index (χ0v) is 13.2. The number of hydrogen-bond acceptors (Lipinski definition) is 4. The van der Waals surface area contributed by atoms with Crippen molar-refractivity contribution < 1.29 is 4.79 Å². The highest BCUT2D eigenvalue weighted by molar-refractivity contribution is 5.92. The third-order valence-electron chi connectivity index (χ3n) is 4.18. The summed E-state index contributed by atoms with van der Waals surface area (Å²) in [7, 11) is 0. The molecule has 2 N–H and O–H groups in total. The highest BCUT2D eigenvalue weighted by atomic mass is 16.1. The van der Waals surface area contributed by atoms with Gasteiger partial charge >= 0.3 is 0 Å². The second-order valence-electron chi connectivity index (χ2n) is 5.95. The Balaban J connectivity index is 1.52. The van der Waals surface area contributed by atoms with Gasteiger partial charge < -0.3 is 10.6 Å². The minimum atomic E-state index is -0.0717. The summed E-state index contributed by atoms with van der Waals surface area (Å²) in [5.74, 6) is -0.0717. The molecule has 0 unspecified atom stereocenters. The first kappa shape index (κ1) is 15.5. The average Bonchev–Trinajstić information content (AvgIpc) is 2.62. The Bertz CT molecular complexity index is 621. The number of aromatic nitrogens is 2. The van der Waals surface area contributed by atoms with Gasteiger partial charge in [0.1, 0.15) is 5.69 Å². The van der Waals surface area contributed by atoms with E-state index in [4.69, 9.17) is 0 Å². The van der Waals surface area contributed by atoms with Gasteiger partial charge in [-0.25, -0.2) is 4.98 Å². The van der Waals surface area contributed by atoms with E-state index in [0.29, 0.717) is 18.3 Å². The molecular weight excluding hydrogens is 288 g/mol. The van der Waals surface area contributed by atoms with Gasteiger partial charge in [0.2, 0.25) is 0 Å². The van der Waals surface area contributed by atoms with Crippen molar-refractivity contribution in [3.8, 4) is 0 Å². The standard InChI is InChI=1S/C18H22N4O/c23-18(22-15-4-2-1-3-5-15)17-7-6-16(13-21-17)20-12-14-8-10-19-11-9-14/h6-11,13,15,20H,1-5,12H2,(H,22,23). The summed E-state index contributed by atoms with van der Waals surface area (Å²) in [5.41, 5.74) is 2.53. The highest BCUT2D eigenvalue weighted by Gasteiger charge is 2.17. The molecule has 1 aliphatic carbocycles. The van der Waals surface area contributed by atoms with Gasteiger partial charge in [-0.05, 0) is 42.7 Å². The van der Waals surface area contributed by atoms with E-state index in [9.17, 15) is 4.79 Å². The van der Waals surface area contributed by atoms with E-state index in [1.54, 1.807) is 24.7 Å². The van der Waals surface area contributed by atoms with E-state index in [1.807, 2.05) is 18.2 Å². The minimum absolute atomic E-state index is 0.0717. The van der Waals surface area contributed by atoms with Gasteiger partial charge in [-0.15, -0.1) is 0 Å². The summed E-state index contributed by atoms with van der Waals surface area (Å²) in [4.78, 5) is 20.5. The van der Waals surface area contributed by atoms with E-state index in [-0.39, 0.29) is 5.91 Å². The van der Waals surface area contributed by atoms with Gasteiger partial charge in [0.15, 0.2) is 0 Å². The van der Waals surface area contributed by atoms with Gasteiger partial charge in [-0.2, -0.15) is 0 Å². The summed E-state index contributed by atoms with van der Waals surface area (Å²) in [6.07, 6.45) is 11.1. The first-order valence-electron chi connectivity index (χ1n) is 8.21. The summed E-state index contributed by atoms with van der Waals surface area (Å²) < 4.78 is 0. The molecule has 0 spiro atoms.